The van der Waals surface area contributed by atoms with Crippen LogP contribution in [-0.4, -0.2) is 27.8 Å². The van der Waals surface area contributed by atoms with Gasteiger partial charge in [0.2, 0.25) is 0 Å². The maximum atomic E-state index is 12.6. The summed E-state index contributed by atoms with van der Waals surface area (Å²) in [4.78, 5) is 5.79. The first kappa shape index (κ1) is 16.5. The lowest BCUT2D eigenvalue weighted by molar-refractivity contribution is -0.137. The standard InChI is InChI=1S/C10H10ClF3N4O2/c11-9-6(10(12,13)14)3-5(4-16-9)8(20)7(19)1-2-17-18-15/h3-4,7-8,19-20H,1-2H2. The Hall–Kier alpha value is -1.54. The third-order valence-corrected chi connectivity index (χ3v) is 2.76. The predicted octanol–water partition coefficient (Wildman–Crippen LogP) is 2.85. The highest BCUT2D eigenvalue weighted by Gasteiger charge is 2.35. The molecule has 0 saturated heterocycles. The zero-order chi connectivity index (χ0) is 15.3. The number of pyridine rings is 1. The molecule has 0 aliphatic carbocycles. The molecule has 10 heteroatoms. The fourth-order valence-electron chi connectivity index (χ4n) is 1.44. The van der Waals surface area contributed by atoms with E-state index < -0.39 is 29.1 Å². The molecule has 0 aromatic carbocycles. The molecule has 20 heavy (non-hydrogen) atoms. The number of aromatic nitrogens is 1. The predicted molar refractivity (Wildman–Crippen MR) is 63.8 cm³/mol. The first-order valence-electron chi connectivity index (χ1n) is 5.37. The van der Waals surface area contributed by atoms with E-state index in [0.717, 1.165) is 6.20 Å². The van der Waals surface area contributed by atoms with Crippen molar-refractivity contribution < 1.29 is 23.4 Å². The number of nitrogens with zero attached hydrogens (tertiary/aromatic N) is 4. The molecule has 2 atom stereocenters. The van der Waals surface area contributed by atoms with E-state index in [0.29, 0.717) is 6.07 Å². The molecule has 0 saturated carbocycles. The minimum Gasteiger partial charge on any atom is -0.390 e. The van der Waals surface area contributed by atoms with E-state index in [1.807, 2.05) is 0 Å². The Morgan fingerprint density at radius 1 is 1.45 bits per heavy atom. The second-order valence-corrected chi connectivity index (χ2v) is 4.22. The second-order valence-electron chi connectivity index (χ2n) is 3.86. The molecule has 0 radical (unpaired) electrons. The van der Waals surface area contributed by atoms with E-state index in [-0.39, 0.29) is 18.5 Å². The van der Waals surface area contributed by atoms with Gasteiger partial charge in [-0.2, -0.15) is 13.2 Å². The maximum absolute atomic E-state index is 12.6. The Morgan fingerprint density at radius 3 is 2.65 bits per heavy atom. The monoisotopic (exact) mass is 310 g/mol. The lowest BCUT2D eigenvalue weighted by atomic mass is 10.0. The van der Waals surface area contributed by atoms with Crippen molar-refractivity contribution in [1.29, 1.82) is 0 Å². The molecule has 1 aromatic rings. The van der Waals surface area contributed by atoms with Crippen molar-refractivity contribution in [3.63, 3.8) is 0 Å². The average molecular weight is 311 g/mol. The molecule has 1 rings (SSSR count). The van der Waals surface area contributed by atoms with Gasteiger partial charge in [-0.15, -0.1) is 0 Å². The molecule has 0 fully saturated rings. The third kappa shape index (κ3) is 4.24. The summed E-state index contributed by atoms with van der Waals surface area (Å²) in [6, 6.07) is 0.622. The number of azide groups is 1. The van der Waals surface area contributed by atoms with E-state index in [2.05, 4.69) is 15.0 Å². The number of hydrogen-bond acceptors (Lipinski definition) is 4. The third-order valence-electron chi connectivity index (χ3n) is 2.46. The van der Waals surface area contributed by atoms with Gasteiger partial charge < -0.3 is 10.2 Å². The maximum Gasteiger partial charge on any atom is 0.419 e. The Balaban J connectivity index is 2.93. The minimum absolute atomic E-state index is 0.0954. The number of halogens is 4. The van der Waals surface area contributed by atoms with Crippen LogP contribution in [0.5, 0.6) is 0 Å². The van der Waals surface area contributed by atoms with Gasteiger partial charge in [0.1, 0.15) is 11.3 Å². The van der Waals surface area contributed by atoms with Crippen LogP contribution in [0.3, 0.4) is 0 Å². The van der Waals surface area contributed by atoms with E-state index >= 15 is 0 Å². The van der Waals surface area contributed by atoms with Gasteiger partial charge in [-0.05, 0) is 18.0 Å². The van der Waals surface area contributed by atoms with Gasteiger partial charge >= 0.3 is 6.18 Å². The summed E-state index contributed by atoms with van der Waals surface area (Å²) in [6.45, 7) is -0.0954. The number of hydrogen-bond donors (Lipinski definition) is 2. The first-order valence-corrected chi connectivity index (χ1v) is 5.74. The summed E-state index contributed by atoms with van der Waals surface area (Å²) in [5, 5.41) is 21.7. The van der Waals surface area contributed by atoms with Crippen molar-refractivity contribution in [3.8, 4) is 0 Å². The van der Waals surface area contributed by atoms with Crippen LogP contribution in [0.4, 0.5) is 13.2 Å². The van der Waals surface area contributed by atoms with Crippen LogP contribution in [0.15, 0.2) is 17.4 Å². The zero-order valence-electron chi connectivity index (χ0n) is 9.92. The van der Waals surface area contributed by atoms with E-state index in [4.69, 9.17) is 17.1 Å². The highest BCUT2D eigenvalue weighted by atomic mass is 35.5. The quantitative estimate of drug-likeness (QED) is 0.378. The van der Waals surface area contributed by atoms with Crippen LogP contribution in [0.2, 0.25) is 5.15 Å². The second kappa shape index (κ2) is 6.76. The molecule has 6 nitrogen and oxygen atoms in total. The van der Waals surface area contributed by atoms with Crippen molar-refractivity contribution in [3.05, 3.63) is 39.0 Å². The van der Waals surface area contributed by atoms with Crippen molar-refractivity contribution in [2.75, 3.05) is 6.54 Å². The van der Waals surface area contributed by atoms with Crippen LogP contribution in [0.25, 0.3) is 10.4 Å². The summed E-state index contributed by atoms with van der Waals surface area (Å²) in [5.41, 5.74) is 6.63. The van der Waals surface area contributed by atoms with Gasteiger partial charge in [-0.1, -0.05) is 16.7 Å². The number of rotatable bonds is 5. The van der Waals surface area contributed by atoms with Gasteiger partial charge in [0.25, 0.3) is 0 Å². The van der Waals surface area contributed by atoms with Gasteiger partial charge in [0.15, 0.2) is 0 Å². The molecular formula is C10H10ClF3N4O2. The fourth-order valence-corrected chi connectivity index (χ4v) is 1.65. The molecule has 0 aliphatic rings. The highest BCUT2D eigenvalue weighted by molar-refractivity contribution is 6.30. The molecule has 2 unspecified atom stereocenters. The summed E-state index contributed by atoms with van der Waals surface area (Å²) < 4.78 is 37.9. The Bertz CT molecular complexity index is 520. The summed E-state index contributed by atoms with van der Waals surface area (Å²) >= 11 is 5.34. The van der Waals surface area contributed by atoms with Crippen LogP contribution >= 0.6 is 11.6 Å². The van der Waals surface area contributed by atoms with E-state index in [1.165, 1.54) is 0 Å². The van der Waals surface area contributed by atoms with Crippen LogP contribution in [0, 0.1) is 0 Å². The summed E-state index contributed by atoms with van der Waals surface area (Å²) in [5.74, 6) is 0. The largest absolute Gasteiger partial charge is 0.419 e. The van der Waals surface area contributed by atoms with Crippen molar-refractivity contribution >= 4 is 11.6 Å². The van der Waals surface area contributed by atoms with Crippen LogP contribution in [-0.2, 0) is 6.18 Å². The smallest absolute Gasteiger partial charge is 0.390 e. The number of aliphatic hydroxyl groups is 2. The lowest BCUT2D eigenvalue weighted by Gasteiger charge is -2.18. The lowest BCUT2D eigenvalue weighted by Crippen LogP contribution is -2.20. The average Bonchev–Trinajstić information content (AvgIpc) is 2.37. The molecule has 2 N–H and O–H groups in total. The van der Waals surface area contributed by atoms with E-state index in [9.17, 15) is 23.4 Å². The Morgan fingerprint density at radius 2 is 2.10 bits per heavy atom. The highest BCUT2D eigenvalue weighted by Crippen LogP contribution is 2.35. The Kier molecular flexibility index (Phi) is 5.58. The summed E-state index contributed by atoms with van der Waals surface area (Å²) in [6.07, 6.45) is -6.84. The molecule has 1 heterocycles. The molecular weight excluding hydrogens is 301 g/mol. The van der Waals surface area contributed by atoms with Crippen LogP contribution < -0.4 is 0 Å². The molecule has 0 spiro atoms. The van der Waals surface area contributed by atoms with Gasteiger partial charge in [0.05, 0.1) is 11.7 Å². The SMILES string of the molecule is [N-]=[N+]=NCCC(O)C(O)c1cnc(Cl)c(C(F)(F)F)c1. The van der Waals surface area contributed by atoms with Gasteiger partial charge in [-0.3, -0.25) is 0 Å². The minimum atomic E-state index is -4.71. The molecule has 110 valence electrons. The Labute approximate surface area is 116 Å². The normalized spacial score (nSPS) is 14.5. The van der Waals surface area contributed by atoms with Gasteiger partial charge in [0, 0.05) is 23.2 Å². The first-order chi connectivity index (χ1) is 9.27. The molecule has 0 amide bonds. The number of aliphatic hydroxyl groups excluding tert-OH is 2. The van der Waals surface area contributed by atoms with Crippen molar-refractivity contribution in [2.45, 2.75) is 24.8 Å². The van der Waals surface area contributed by atoms with Crippen LogP contribution in [0.1, 0.15) is 23.7 Å². The summed E-state index contributed by atoms with van der Waals surface area (Å²) in [7, 11) is 0. The van der Waals surface area contributed by atoms with Crippen molar-refractivity contribution in [1.82, 2.24) is 4.98 Å². The van der Waals surface area contributed by atoms with Crippen molar-refractivity contribution in [2.24, 2.45) is 5.11 Å². The topological polar surface area (TPSA) is 102 Å². The van der Waals surface area contributed by atoms with Gasteiger partial charge in [-0.25, -0.2) is 4.98 Å². The molecule has 1 aromatic heterocycles. The molecule has 0 bridgehead atoms. The molecule has 0 aliphatic heterocycles. The zero-order valence-corrected chi connectivity index (χ0v) is 10.7. The fraction of sp³-hybridized carbons (Fsp3) is 0.500. The number of alkyl halides is 3. The van der Waals surface area contributed by atoms with E-state index in [1.54, 1.807) is 0 Å².